The molecule has 5 heteroatoms. The molecule has 24 heavy (non-hydrogen) atoms. The summed E-state index contributed by atoms with van der Waals surface area (Å²) in [4.78, 5) is 27.2. The van der Waals surface area contributed by atoms with Crippen molar-refractivity contribution in [2.75, 3.05) is 26.2 Å². The Morgan fingerprint density at radius 1 is 0.958 bits per heavy atom. The van der Waals surface area contributed by atoms with Crippen molar-refractivity contribution in [3.63, 3.8) is 0 Å². The van der Waals surface area contributed by atoms with Crippen LogP contribution in [0.15, 0.2) is 30.3 Å². The van der Waals surface area contributed by atoms with E-state index >= 15 is 0 Å². The number of hydrogen-bond acceptors (Lipinski definition) is 3. The molecule has 2 aliphatic heterocycles. The molecule has 1 spiro atoms. The van der Waals surface area contributed by atoms with E-state index in [1.54, 1.807) is 0 Å². The lowest BCUT2D eigenvalue weighted by atomic mass is 9.71. The van der Waals surface area contributed by atoms with Crippen LogP contribution >= 0.6 is 0 Å². The second-order valence-corrected chi connectivity index (χ2v) is 7.29. The van der Waals surface area contributed by atoms with Crippen LogP contribution in [-0.4, -0.2) is 47.8 Å². The van der Waals surface area contributed by atoms with E-state index in [0.717, 1.165) is 45.6 Å². The number of primary amides is 1. The molecule has 1 aromatic carbocycles. The highest BCUT2D eigenvalue weighted by atomic mass is 16.2. The minimum absolute atomic E-state index is 0.112. The van der Waals surface area contributed by atoms with Crippen molar-refractivity contribution in [3.05, 3.63) is 35.9 Å². The van der Waals surface area contributed by atoms with Crippen LogP contribution in [0, 0.1) is 5.41 Å². The van der Waals surface area contributed by atoms with Gasteiger partial charge >= 0.3 is 0 Å². The molecule has 0 bridgehead atoms. The third kappa shape index (κ3) is 4.15. The Bertz CT molecular complexity index is 570. The average Bonchev–Trinajstić information content (AvgIpc) is 2.58. The number of benzene rings is 1. The van der Waals surface area contributed by atoms with E-state index in [1.165, 1.54) is 18.4 Å². The van der Waals surface area contributed by atoms with Crippen molar-refractivity contribution in [1.82, 2.24) is 9.80 Å². The number of carbonyl (C=O) groups excluding carboxylic acids is 2. The average molecular weight is 329 g/mol. The Balaban J connectivity index is 1.47. The third-order valence-electron chi connectivity index (χ3n) is 5.67. The van der Waals surface area contributed by atoms with Crippen molar-refractivity contribution >= 4 is 11.8 Å². The number of carbonyl (C=O) groups is 2. The summed E-state index contributed by atoms with van der Waals surface area (Å²) in [6.45, 7) is 4.82. The Labute approximate surface area is 143 Å². The molecular weight excluding hydrogens is 302 g/mol. The van der Waals surface area contributed by atoms with Gasteiger partial charge in [-0.1, -0.05) is 30.3 Å². The van der Waals surface area contributed by atoms with Gasteiger partial charge in [0.05, 0.1) is 0 Å². The second-order valence-electron chi connectivity index (χ2n) is 7.29. The lowest BCUT2D eigenvalue weighted by Gasteiger charge is -2.47. The Kier molecular flexibility index (Phi) is 5.19. The summed E-state index contributed by atoms with van der Waals surface area (Å²) in [5.74, 6) is -0.645. The highest BCUT2D eigenvalue weighted by Gasteiger charge is 2.38. The largest absolute Gasteiger partial charge is 0.369 e. The SMILES string of the molecule is NC(=O)CC(=O)N1CCC2(CCN(Cc3ccccc3)CC2)CC1. The maximum Gasteiger partial charge on any atom is 0.231 e. The first-order chi connectivity index (χ1) is 11.6. The molecule has 2 heterocycles. The molecule has 2 aliphatic rings. The molecule has 2 saturated heterocycles. The van der Waals surface area contributed by atoms with Crippen molar-refractivity contribution in [2.45, 2.75) is 38.6 Å². The summed E-state index contributed by atoms with van der Waals surface area (Å²) < 4.78 is 0. The van der Waals surface area contributed by atoms with E-state index in [0.29, 0.717) is 5.41 Å². The second kappa shape index (κ2) is 7.34. The van der Waals surface area contributed by atoms with Gasteiger partial charge in [0.15, 0.2) is 0 Å². The zero-order chi connectivity index (χ0) is 17.0. The highest BCUT2D eigenvalue weighted by molar-refractivity contribution is 5.96. The van der Waals surface area contributed by atoms with E-state index in [1.807, 2.05) is 4.90 Å². The van der Waals surface area contributed by atoms with Crippen LogP contribution in [0.1, 0.15) is 37.7 Å². The van der Waals surface area contributed by atoms with Crippen LogP contribution in [0.25, 0.3) is 0 Å². The van der Waals surface area contributed by atoms with Gasteiger partial charge in [0.1, 0.15) is 6.42 Å². The summed E-state index contributed by atoms with van der Waals surface area (Å²) in [5, 5.41) is 0. The number of hydrogen-bond donors (Lipinski definition) is 1. The summed E-state index contributed by atoms with van der Waals surface area (Å²) in [7, 11) is 0. The molecule has 2 N–H and O–H groups in total. The topological polar surface area (TPSA) is 66.6 Å². The lowest BCUT2D eigenvalue weighted by molar-refractivity contribution is -0.137. The standard InChI is InChI=1S/C19H27N3O2/c20-17(23)14-18(24)22-12-8-19(9-13-22)6-10-21(11-7-19)15-16-4-2-1-3-5-16/h1-5H,6-15H2,(H2,20,23). The summed E-state index contributed by atoms with van der Waals surface area (Å²) in [5.41, 5.74) is 6.88. The van der Waals surface area contributed by atoms with Gasteiger partial charge in [-0.2, -0.15) is 0 Å². The zero-order valence-electron chi connectivity index (χ0n) is 14.2. The quantitative estimate of drug-likeness (QED) is 0.856. The van der Waals surface area contributed by atoms with Gasteiger partial charge in [0.25, 0.3) is 0 Å². The molecule has 0 atom stereocenters. The van der Waals surface area contributed by atoms with E-state index in [2.05, 4.69) is 35.2 Å². The summed E-state index contributed by atoms with van der Waals surface area (Å²) >= 11 is 0. The number of piperidine rings is 2. The predicted octanol–water partition coefficient (Wildman–Crippen LogP) is 1.77. The van der Waals surface area contributed by atoms with Crippen LogP contribution in [0.2, 0.25) is 0 Å². The van der Waals surface area contributed by atoms with Crippen LogP contribution in [0.4, 0.5) is 0 Å². The van der Waals surface area contributed by atoms with Crippen LogP contribution in [-0.2, 0) is 16.1 Å². The summed E-state index contributed by atoms with van der Waals surface area (Å²) in [6.07, 6.45) is 4.36. The Morgan fingerprint density at radius 3 is 2.12 bits per heavy atom. The molecule has 0 unspecified atom stereocenters. The predicted molar refractivity (Wildman–Crippen MR) is 93.0 cm³/mol. The maximum absolute atomic E-state index is 12.0. The molecule has 3 rings (SSSR count). The molecular formula is C19H27N3O2. The molecule has 1 aromatic rings. The smallest absolute Gasteiger partial charge is 0.231 e. The van der Waals surface area contributed by atoms with Crippen LogP contribution in [0.5, 0.6) is 0 Å². The number of nitrogens with zero attached hydrogens (tertiary/aromatic N) is 2. The van der Waals surface area contributed by atoms with Gasteiger partial charge < -0.3 is 10.6 Å². The van der Waals surface area contributed by atoms with Gasteiger partial charge in [-0.05, 0) is 49.8 Å². The fourth-order valence-corrected chi connectivity index (χ4v) is 4.02. The number of likely N-dealkylation sites (tertiary alicyclic amines) is 2. The van der Waals surface area contributed by atoms with E-state index in [4.69, 9.17) is 5.73 Å². The van der Waals surface area contributed by atoms with Gasteiger partial charge in [0.2, 0.25) is 11.8 Å². The summed E-state index contributed by atoms with van der Waals surface area (Å²) in [6, 6.07) is 10.6. The van der Waals surface area contributed by atoms with Gasteiger partial charge in [0, 0.05) is 19.6 Å². The molecule has 2 amide bonds. The molecule has 0 aliphatic carbocycles. The zero-order valence-corrected chi connectivity index (χ0v) is 14.2. The van der Waals surface area contributed by atoms with Crippen molar-refractivity contribution < 1.29 is 9.59 Å². The fraction of sp³-hybridized carbons (Fsp3) is 0.579. The van der Waals surface area contributed by atoms with E-state index in [-0.39, 0.29) is 12.3 Å². The third-order valence-corrected chi connectivity index (χ3v) is 5.67. The fourth-order valence-electron chi connectivity index (χ4n) is 4.02. The molecule has 5 nitrogen and oxygen atoms in total. The number of rotatable bonds is 4. The molecule has 130 valence electrons. The van der Waals surface area contributed by atoms with E-state index in [9.17, 15) is 9.59 Å². The van der Waals surface area contributed by atoms with E-state index < -0.39 is 5.91 Å². The highest BCUT2D eigenvalue weighted by Crippen LogP contribution is 2.41. The molecule has 0 saturated carbocycles. The van der Waals surface area contributed by atoms with Crippen molar-refractivity contribution in [2.24, 2.45) is 11.1 Å². The normalized spacial score (nSPS) is 20.9. The maximum atomic E-state index is 12.0. The molecule has 0 aromatic heterocycles. The monoisotopic (exact) mass is 329 g/mol. The minimum Gasteiger partial charge on any atom is -0.369 e. The Hall–Kier alpha value is -1.88. The van der Waals surface area contributed by atoms with Gasteiger partial charge in [-0.25, -0.2) is 0 Å². The van der Waals surface area contributed by atoms with Crippen LogP contribution < -0.4 is 5.73 Å². The van der Waals surface area contributed by atoms with Crippen molar-refractivity contribution in [3.8, 4) is 0 Å². The van der Waals surface area contributed by atoms with Crippen LogP contribution in [0.3, 0.4) is 0 Å². The first-order valence-corrected chi connectivity index (χ1v) is 8.89. The Morgan fingerprint density at radius 2 is 1.54 bits per heavy atom. The minimum atomic E-state index is -0.533. The van der Waals surface area contributed by atoms with Gasteiger partial charge in [-0.15, -0.1) is 0 Å². The van der Waals surface area contributed by atoms with Gasteiger partial charge in [-0.3, -0.25) is 14.5 Å². The lowest BCUT2D eigenvalue weighted by Crippen LogP contribution is -2.48. The first-order valence-electron chi connectivity index (χ1n) is 8.89. The van der Waals surface area contributed by atoms with Crippen molar-refractivity contribution in [1.29, 1.82) is 0 Å². The number of nitrogens with two attached hydrogens (primary N) is 1. The molecule has 2 fully saturated rings. The molecule has 0 radical (unpaired) electrons. The first kappa shape index (κ1) is 17.0. The number of amides is 2.